The summed E-state index contributed by atoms with van der Waals surface area (Å²) in [7, 11) is 0. The Morgan fingerprint density at radius 3 is 2.76 bits per heavy atom. The molecule has 0 unspecified atom stereocenters. The van der Waals surface area contributed by atoms with E-state index in [9.17, 15) is 19.5 Å². The molecule has 1 aromatic rings. The number of hydrazone groups is 1. The Balaban J connectivity index is 1.91. The number of morpholine rings is 1. The van der Waals surface area contributed by atoms with Crippen molar-refractivity contribution in [2.24, 2.45) is 5.10 Å². The Morgan fingerprint density at radius 2 is 2.10 bits per heavy atom. The molecule has 1 amide bonds. The Bertz CT molecular complexity index is 643. The molecule has 1 fully saturated rings. The number of hydrogen-bond donors (Lipinski definition) is 4. The molecule has 10 nitrogen and oxygen atoms in total. The zero-order valence-corrected chi connectivity index (χ0v) is 11.1. The van der Waals surface area contributed by atoms with Crippen LogP contribution in [0.4, 0.5) is 0 Å². The lowest BCUT2D eigenvalue weighted by molar-refractivity contribution is -0.123. The standard InChI is InChI=1S/C11H15N5O5/c17-8(6-16-1-3-21-4-2-16)15-12-5-7-9(18)13-11(20)14-10(7)19/h5H,1-4,6H2,(H,15,17)(H3,13,14,18,19,20). The van der Waals surface area contributed by atoms with Gasteiger partial charge in [0.25, 0.3) is 11.5 Å². The summed E-state index contributed by atoms with van der Waals surface area (Å²) in [5.74, 6) is -0.969. The Hall–Kier alpha value is -2.46. The molecule has 4 N–H and O–H groups in total. The monoisotopic (exact) mass is 297 g/mol. The molecule has 0 spiro atoms. The van der Waals surface area contributed by atoms with E-state index in [1.54, 1.807) is 0 Å². The minimum absolute atomic E-state index is 0.161. The molecule has 114 valence electrons. The molecular formula is C11H15N5O5. The van der Waals surface area contributed by atoms with E-state index in [1.165, 1.54) is 0 Å². The number of carbonyl (C=O) groups excluding carboxylic acids is 1. The van der Waals surface area contributed by atoms with Gasteiger partial charge >= 0.3 is 5.69 Å². The lowest BCUT2D eigenvalue weighted by Crippen LogP contribution is -2.42. The highest BCUT2D eigenvalue weighted by molar-refractivity contribution is 5.84. The Labute approximate surface area is 118 Å². The smallest absolute Gasteiger partial charge is 0.328 e. The summed E-state index contributed by atoms with van der Waals surface area (Å²) in [5, 5.41) is 13.0. The largest absolute Gasteiger partial charge is 0.494 e. The van der Waals surface area contributed by atoms with Crippen LogP contribution in [-0.4, -0.2) is 64.9 Å². The molecule has 0 radical (unpaired) electrons. The van der Waals surface area contributed by atoms with Crippen molar-refractivity contribution in [1.29, 1.82) is 0 Å². The molecule has 2 heterocycles. The van der Waals surface area contributed by atoms with Gasteiger partial charge in [-0.2, -0.15) is 5.10 Å². The fourth-order valence-electron chi connectivity index (χ4n) is 1.77. The fourth-order valence-corrected chi connectivity index (χ4v) is 1.77. The van der Waals surface area contributed by atoms with Crippen molar-refractivity contribution in [2.45, 2.75) is 0 Å². The van der Waals surface area contributed by atoms with Crippen LogP contribution in [0.3, 0.4) is 0 Å². The van der Waals surface area contributed by atoms with Crippen LogP contribution in [0.15, 0.2) is 14.7 Å². The van der Waals surface area contributed by atoms with Gasteiger partial charge in [-0.15, -0.1) is 0 Å². The summed E-state index contributed by atoms with van der Waals surface area (Å²) in [6.07, 6.45) is 0.960. The molecule has 21 heavy (non-hydrogen) atoms. The molecule has 0 atom stereocenters. The lowest BCUT2D eigenvalue weighted by atomic mass is 10.3. The average molecular weight is 297 g/mol. The van der Waals surface area contributed by atoms with Crippen molar-refractivity contribution in [3.63, 3.8) is 0 Å². The second-order valence-electron chi connectivity index (χ2n) is 4.35. The maximum Gasteiger partial charge on any atom is 0.328 e. The van der Waals surface area contributed by atoms with Gasteiger partial charge in [0.1, 0.15) is 5.56 Å². The van der Waals surface area contributed by atoms with E-state index in [0.29, 0.717) is 26.3 Å². The van der Waals surface area contributed by atoms with E-state index in [4.69, 9.17) is 4.74 Å². The van der Waals surface area contributed by atoms with Crippen molar-refractivity contribution in [2.75, 3.05) is 32.8 Å². The number of aromatic hydroxyl groups is 1. The summed E-state index contributed by atoms with van der Waals surface area (Å²) in [5.41, 5.74) is 0.360. The van der Waals surface area contributed by atoms with Gasteiger partial charge in [0.05, 0.1) is 26.0 Å². The highest BCUT2D eigenvalue weighted by Gasteiger charge is 2.13. The van der Waals surface area contributed by atoms with Gasteiger partial charge in [-0.05, 0) is 0 Å². The van der Waals surface area contributed by atoms with E-state index in [-0.39, 0.29) is 18.0 Å². The van der Waals surface area contributed by atoms with Crippen molar-refractivity contribution in [1.82, 2.24) is 20.3 Å². The first-order valence-electron chi connectivity index (χ1n) is 6.24. The Kier molecular flexibility index (Phi) is 4.85. The topological polar surface area (TPSA) is 140 Å². The van der Waals surface area contributed by atoms with Crippen LogP contribution < -0.4 is 16.7 Å². The lowest BCUT2D eigenvalue weighted by Gasteiger charge is -2.25. The molecule has 1 aliphatic rings. The molecule has 10 heteroatoms. The number of aromatic amines is 2. The van der Waals surface area contributed by atoms with Gasteiger partial charge in [0.2, 0.25) is 5.88 Å². The minimum Gasteiger partial charge on any atom is -0.494 e. The van der Waals surface area contributed by atoms with Gasteiger partial charge in [0, 0.05) is 13.1 Å². The first kappa shape index (κ1) is 14.9. The van der Waals surface area contributed by atoms with E-state index in [0.717, 1.165) is 6.21 Å². The number of carbonyl (C=O) groups is 1. The van der Waals surface area contributed by atoms with Crippen LogP contribution in [0, 0.1) is 0 Å². The van der Waals surface area contributed by atoms with Gasteiger partial charge in [-0.3, -0.25) is 24.5 Å². The van der Waals surface area contributed by atoms with Crippen LogP contribution in [0.25, 0.3) is 0 Å². The van der Waals surface area contributed by atoms with E-state index < -0.39 is 17.1 Å². The highest BCUT2D eigenvalue weighted by atomic mass is 16.5. The fraction of sp³-hybridized carbons (Fsp3) is 0.455. The third-order valence-electron chi connectivity index (χ3n) is 2.81. The van der Waals surface area contributed by atoms with Crippen molar-refractivity contribution in [3.8, 4) is 5.88 Å². The van der Waals surface area contributed by atoms with Crippen LogP contribution in [0.5, 0.6) is 5.88 Å². The van der Waals surface area contributed by atoms with E-state index >= 15 is 0 Å². The summed E-state index contributed by atoms with van der Waals surface area (Å²) in [6, 6.07) is 0. The molecule has 0 bridgehead atoms. The van der Waals surface area contributed by atoms with Crippen molar-refractivity contribution < 1.29 is 14.6 Å². The first-order valence-corrected chi connectivity index (χ1v) is 6.24. The molecule has 0 saturated carbocycles. The maximum absolute atomic E-state index is 11.6. The first-order chi connectivity index (χ1) is 10.1. The number of H-pyrrole nitrogens is 2. The van der Waals surface area contributed by atoms with Gasteiger partial charge in [-0.25, -0.2) is 10.2 Å². The average Bonchev–Trinajstić information content (AvgIpc) is 2.42. The van der Waals surface area contributed by atoms with Crippen molar-refractivity contribution in [3.05, 3.63) is 26.4 Å². The highest BCUT2D eigenvalue weighted by Crippen LogP contribution is 2.00. The zero-order chi connectivity index (χ0) is 15.2. The van der Waals surface area contributed by atoms with Crippen LogP contribution in [0.1, 0.15) is 5.56 Å². The second-order valence-corrected chi connectivity index (χ2v) is 4.35. The van der Waals surface area contributed by atoms with E-state index in [1.807, 2.05) is 14.9 Å². The predicted octanol–water partition coefficient (Wildman–Crippen LogP) is -2.45. The number of nitrogens with zero attached hydrogens (tertiary/aromatic N) is 2. The van der Waals surface area contributed by atoms with Gasteiger partial charge < -0.3 is 9.84 Å². The second kappa shape index (κ2) is 6.81. The predicted molar refractivity (Wildman–Crippen MR) is 72.3 cm³/mol. The number of ether oxygens (including phenoxy) is 1. The normalized spacial score (nSPS) is 16.2. The number of nitrogens with one attached hydrogen (secondary N) is 3. The third-order valence-corrected chi connectivity index (χ3v) is 2.81. The number of rotatable bonds is 4. The molecule has 1 aliphatic heterocycles. The number of amides is 1. The molecule has 2 rings (SSSR count). The summed E-state index contributed by atoms with van der Waals surface area (Å²) < 4.78 is 5.16. The molecule has 1 saturated heterocycles. The molecular weight excluding hydrogens is 282 g/mol. The van der Waals surface area contributed by atoms with Crippen LogP contribution >= 0.6 is 0 Å². The summed E-state index contributed by atoms with van der Waals surface area (Å²) >= 11 is 0. The van der Waals surface area contributed by atoms with Gasteiger partial charge in [0.15, 0.2) is 0 Å². The summed E-state index contributed by atoms with van der Waals surface area (Å²) in [4.78, 5) is 39.7. The molecule has 0 aliphatic carbocycles. The Morgan fingerprint density at radius 1 is 1.38 bits per heavy atom. The number of aromatic nitrogens is 2. The zero-order valence-electron chi connectivity index (χ0n) is 11.1. The van der Waals surface area contributed by atoms with Crippen LogP contribution in [0.2, 0.25) is 0 Å². The van der Waals surface area contributed by atoms with Crippen molar-refractivity contribution >= 4 is 12.1 Å². The van der Waals surface area contributed by atoms with E-state index in [2.05, 4.69) is 10.5 Å². The molecule has 1 aromatic heterocycles. The van der Waals surface area contributed by atoms with Gasteiger partial charge in [-0.1, -0.05) is 0 Å². The minimum atomic E-state index is -0.828. The maximum atomic E-state index is 11.6. The SMILES string of the molecule is O=C(CN1CCOCC1)NN=Cc1c(O)[nH]c(=O)[nH]c1=O. The molecule has 0 aromatic carbocycles. The van der Waals surface area contributed by atoms with Crippen LogP contribution in [-0.2, 0) is 9.53 Å². The summed E-state index contributed by atoms with van der Waals surface area (Å²) in [6.45, 7) is 2.65. The number of hydrogen-bond acceptors (Lipinski definition) is 7. The quantitative estimate of drug-likeness (QED) is 0.359. The third kappa shape index (κ3) is 4.26.